The zero-order valence-corrected chi connectivity index (χ0v) is 12.4. The Hall–Kier alpha value is -0.360. The first-order chi connectivity index (χ1) is 7.58. The summed E-state index contributed by atoms with van der Waals surface area (Å²) in [7, 11) is 0. The molecule has 4 heteroatoms. The van der Waals surface area contributed by atoms with Gasteiger partial charge < -0.3 is 9.55 Å². The van der Waals surface area contributed by atoms with E-state index in [9.17, 15) is 0 Å². The largest absolute Gasteiger partial charge is 0.331 e. The minimum Gasteiger partial charge on any atom is -0.331 e. The Balaban J connectivity index is 2.44. The molecule has 1 heterocycles. The van der Waals surface area contributed by atoms with Crippen LogP contribution in [0, 0.1) is 14.3 Å². The van der Waals surface area contributed by atoms with Gasteiger partial charge in [-0.15, -0.1) is 0 Å². The second-order valence-corrected chi connectivity index (χ2v) is 6.06. The van der Waals surface area contributed by atoms with Gasteiger partial charge >= 0.3 is 0 Å². The van der Waals surface area contributed by atoms with Gasteiger partial charge in [0, 0.05) is 10.1 Å². The Morgan fingerprint density at radius 2 is 2.19 bits per heavy atom. The van der Waals surface area contributed by atoms with Crippen LogP contribution < -0.4 is 0 Å². The van der Waals surface area contributed by atoms with Crippen LogP contribution in [-0.2, 0) is 6.54 Å². The highest BCUT2D eigenvalue weighted by Gasteiger charge is 2.05. The normalized spacial score (nSPS) is 11.5. The molecule has 0 amide bonds. The fourth-order valence-electron chi connectivity index (χ4n) is 1.75. The predicted molar refractivity (Wildman–Crippen MR) is 79.3 cm³/mol. The lowest BCUT2D eigenvalue weighted by atomic mass is 10.1. The summed E-state index contributed by atoms with van der Waals surface area (Å²) in [5, 5.41) is 0. The van der Waals surface area contributed by atoms with Gasteiger partial charge in [0.25, 0.3) is 0 Å². The van der Waals surface area contributed by atoms with E-state index >= 15 is 0 Å². The summed E-state index contributed by atoms with van der Waals surface area (Å²) in [5.41, 5.74) is 2.35. The SMILES string of the molecule is CC(C)CCn1c(=S)[nH]c2cc(I)ccc21. The number of nitrogens with one attached hydrogen (secondary N) is 1. The molecule has 0 saturated heterocycles. The monoisotopic (exact) mass is 346 g/mol. The molecule has 2 aromatic rings. The fraction of sp³-hybridized carbons (Fsp3) is 0.417. The Labute approximate surface area is 114 Å². The van der Waals surface area contributed by atoms with Gasteiger partial charge in [-0.3, -0.25) is 0 Å². The Kier molecular flexibility index (Phi) is 3.69. The molecule has 1 N–H and O–H groups in total. The lowest BCUT2D eigenvalue weighted by Crippen LogP contribution is -2.01. The molecule has 2 rings (SSSR count). The minimum atomic E-state index is 0.704. The molecular weight excluding hydrogens is 331 g/mol. The van der Waals surface area contributed by atoms with E-state index in [0.717, 1.165) is 23.3 Å². The van der Waals surface area contributed by atoms with Crippen molar-refractivity contribution in [3.05, 3.63) is 26.5 Å². The first-order valence-electron chi connectivity index (χ1n) is 5.46. The Morgan fingerprint density at radius 1 is 1.44 bits per heavy atom. The number of H-pyrrole nitrogens is 1. The smallest absolute Gasteiger partial charge is 0.178 e. The van der Waals surface area contributed by atoms with Crippen molar-refractivity contribution in [2.75, 3.05) is 0 Å². The summed E-state index contributed by atoms with van der Waals surface area (Å²) < 4.78 is 4.26. The summed E-state index contributed by atoms with van der Waals surface area (Å²) in [6.45, 7) is 5.47. The molecule has 0 aliphatic rings. The molecule has 0 atom stereocenters. The molecule has 1 aromatic carbocycles. The molecule has 0 aliphatic carbocycles. The quantitative estimate of drug-likeness (QED) is 0.647. The molecule has 16 heavy (non-hydrogen) atoms. The number of fused-ring (bicyclic) bond motifs is 1. The van der Waals surface area contributed by atoms with E-state index in [2.05, 4.69) is 64.2 Å². The summed E-state index contributed by atoms with van der Waals surface area (Å²) >= 11 is 7.67. The van der Waals surface area contributed by atoms with Gasteiger partial charge in [0.15, 0.2) is 4.77 Å². The van der Waals surface area contributed by atoms with Crippen molar-refractivity contribution in [2.45, 2.75) is 26.8 Å². The van der Waals surface area contributed by atoms with Crippen LogP contribution in [0.1, 0.15) is 20.3 Å². The standard InChI is InChI=1S/C12H15IN2S/c1-8(2)5-6-15-11-4-3-9(13)7-10(11)14-12(15)16/h3-4,7-8H,5-6H2,1-2H3,(H,14,16). The van der Waals surface area contributed by atoms with Gasteiger partial charge in [-0.05, 0) is 65.3 Å². The summed E-state index contributed by atoms with van der Waals surface area (Å²) in [4.78, 5) is 3.26. The predicted octanol–water partition coefficient (Wildman–Crippen LogP) is 4.35. The molecular formula is C12H15IN2S. The maximum absolute atomic E-state index is 5.35. The number of rotatable bonds is 3. The van der Waals surface area contributed by atoms with Crippen molar-refractivity contribution in [3.8, 4) is 0 Å². The number of nitrogens with zero attached hydrogens (tertiary/aromatic N) is 1. The van der Waals surface area contributed by atoms with Gasteiger partial charge in [-0.25, -0.2) is 0 Å². The number of benzene rings is 1. The van der Waals surface area contributed by atoms with Crippen LogP contribution in [0.5, 0.6) is 0 Å². The summed E-state index contributed by atoms with van der Waals surface area (Å²) in [6.07, 6.45) is 1.16. The topological polar surface area (TPSA) is 20.7 Å². The van der Waals surface area contributed by atoms with Gasteiger partial charge in [0.2, 0.25) is 0 Å². The zero-order chi connectivity index (χ0) is 11.7. The van der Waals surface area contributed by atoms with Crippen LogP contribution in [0.4, 0.5) is 0 Å². The van der Waals surface area contributed by atoms with Crippen molar-refractivity contribution in [3.63, 3.8) is 0 Å². The van der Waals surface area contributed by atoms with E-state index in [1.165, 1.54) is 9.09 Å². The Bertz CT molecular complexity index is 554. The second kappa shape index (κ2) is 4.87. The lowest BCUT2D eigenvalue weighted by molar-refractivity contribution is 0.520. The van der Waals surface area contributed by atoms with E-state index in [1.807, 2.05) is 0 Å². The molecule has 0 radical (unpaired) electrons. The molecule has 0 aliphatic heterocycles. The molecule has 0 bridgehead atoms. The highest BCUT2D eigenvalue weighted by Crippen LogP contribution is 2.18. The zero-order valence-electron chi connectivity index (χ0n) is 9.46. The average Bonchev–Trinajstić information content (AvgIpc) is 2.50. The van der Waals surface area contributed by atoms with Crippen LogP contribution in [0.3, 0.4) is 0 Å². The molecule has 86 valence electrons. The number of aryl methyl sites for hydroxylation is 1. The lowest BCUT2D eigenvalue weighted by Gasteiger charge is -2.06. The van der Waals surface area contributed by atoms with Crippen molar-refractivity contribution < 1.29 is 0 Å². The fourth-order valence-corrected chi connectivity index (χ4v) is 2.54. The third-order valence-electron chi connectivity index (χ3n) is 2.67. The minimum absolute atomic E-state index is 0.704. The first kappa shape index (κ1) is 12.1. The second-order valence-electron chi connectivity index (χ2n) is 4.43. The van der Waals surface area contributed by atoms with Gasteiger partial charge in [-0.2, -0.15) is 0 Å². The third-order valence-corrected chi connectivity index (χ3v) is 3.66. The first-order valence-corrected chi connectivity index (χ1v) is 6.94. The third kappa shape index (κ3) is 2.48. The molecule has 0 saturated carbocycles. The summed E-state index contributed by atoms with van der Waals surface area (Å²) in [5.74, 6) is 0.704. The van der Waals surface area contributed by atoms with Crippen LogP contribution in [0.2, 0.25) is 0 Å². The van der Waals surface area contributed by atoms with Gasteiger partial charge in [0.1, 0.15) is 0 Å². The number of imidazole rings is 1. The van der Waals surface area contributed by atoms with E-state index < -0.39 is 0 Å². The van der Waals surface area contributed by atoms with Crippen molar-refractivity contribution in [1.29, 1.82) is 0 Å². The maximum atomic E-state index is 5.35. The van der Waals surface area contributed by atoms with Crippen molar-refractivity contribution >= 4 is 45.8 Å². The van der Waals surface area contributed by atoms with Crippen LogP contribution >= 0.6 is 34.8 Å². The van der Waals surface area contributed by atoms with E-state index in [-0.39, 0.29) is 0 Å². The highest BCUT2D eigenvalue weighted by molar-refractivity contribution is 14.1. The molecule has 1 aromatic heterocycles. The number of hydrogen-bond donors (Lipinski definition) is 1. The van der Waals surface area contributed by atoms with E-state index in [1.54, 1.807) is 0 Å². The number of halogens is 1. The van der Waals surface area contributed by atoms with E-state index in [0.29, 0.717) is 5.92 Å². The summed E-state index contributed by atoms with van der Waals surface area (Å²) in [6, 6.07) is 6.40. The number of aromatic nitrogens is 2. The average molecular weight is 346 g/mol. The number of hydrogen-bond acceptors (Lipinski definition) is 1. The number of aromatic amines is 1. The van der Waals surface area contributed by atoms with Crippen LogP contribution in [0.15, 0.2) is 18.2 Å². The van der Waals surface area contributed by atoms with Crippen LogP contribution in [-0.4, -0.2) is 9.55 Å². The molecule has 2 nitrogen and oxygen atoms in total. The highest BCUT2D eigenvalue weighted by atomic mass is 127. The van der Waals surface area contributed by atoms with Crippen LogP contribution in [0.25, 0.3) is 11.0 Å². The van der Waals surface area contributed by atoms with Gasteiger partial charge in [-0.1, -0.05) is 13.8 Å². The Morgan fingerprint density at radius 3 is 2.88 bits per heavy atom. The molecule has 0 spiro atoms. The van der Waals surface area contributed by atoms with Crippen molar-refractivity contribution in [1.82, 2.24) is 9.55 Å². The molecule has 0 fully saturated rings. The van der Waals surface area contributed by atoms with Gasteiger partial charge in [0.05, 0.1) is 11.0 Å². The van der Waals surface area contributed by atoms with Crippen molar-refractivity contribution in [2.24, 2.45) is 5.92 Å². The maximum Gasteiger partial charge on any atom is 0.178 e. The van der Waals surface area contributed by atoms with E-state index in [4.69, 9.17) is 12.2 Å². The molecule has 0 unspecified atom stereocenters.